The van der Waals surface area contributed by atoms with Crippen molar-refractivity contribution in [2.75, 3.05) is 33.2 Å². The quantitative estimate of drug-likeness (QED) is 0.546. The van der Waals surface area contributed by atoms with Crippen LogP contribution in [0.15, 0.2) is 16.6 Å². The van der Waals surface area contributed by atoms with Crippen LogP contribution in [0, 0.1) is 0 Å². The molecule has 2 rings (SSSR count). The van der Waals surface area contributed by atoms with Crippen molar-refractivity contribution in [3.63, 3.8) is 0 Å². The van der Waals surface area contributed by atoms with E-state index >= 15 is 0 Å². The molecule has 0 aromatic heterocycles. The van der Waals surface area contributed by atoms with E-state index < -0.39 is 9.84 Å². The summed E-state index contributed by atoms with van der Waals surface area (Å²) in [5.74, 6) is 0. The Balaban J connectivity index is 2.11. The van der Waals surface area contributed by atoms with Gasteiger partial charge in [-0.05, 0) is 7.05 Å². The van der Waals surface area contributed by atoms with Crippen LogP contribution in [-0.4, -0.2) is 56.6 Å². The third kappa shape index (κ3) is 1.67. The zero-order chi connectivity index (χ0) is 10.2. The number of sulfone groups is 1. The molecule has 14 heavy (non-hydrogen) atoms. The summed E-state index contributed by atoms with van der Waals surface area (Å²) in [6.45, 7) is 3.23. The number of hydrogen-bond acceptors (Lipinski definition) is 5. The summed E-state index contributed by atoms with van der Waals surface area (Å²) in [5.41, 5.74) is 0. The fraction of sp³-hybridized carbons (Fsp3) is 0.625. The van der Waals surface area contributed by atoms with E-state index in [1.54, 1.807) is 0 Å². The number of rotatable bonds is 0. The van der Waals surface area contributed by atoms with Gasteiger partial charge in [0.1, 0.15) is 0 Å². The van der Waals surface area contributed by atoms with Crippen LogP contribution in [-0.2, 0) is 9.84 Å². The normalized spacial score (nSPS) is 26.6. The summed E-state index contributed by atoms with van der Waals surface area (Å²) in [7, 11) is -1.20. The summed E-state index contributed by atoms with van der Waals surface area (Å²) >= 11 is 0. The molecule has 2 heterocycles. The molecule has 1 saturated heterocycles. The van der Waals surface area contributed by atoms with Gasteiger partial charge in [-0.3, -0.25) is 0 Å². The van der Waals surface area contributed by atoms with Crippen molar-refractivity contribution in [3.8, 4) is 0 Å². The third-order valence-corrected chi connectivity index (χ3v) is 3.81. The molecule has 0 N–H and O–H groups in total. The van der Waals surface area contributed by atoms with Crippen molar-refractivity contribution in [1.29, 1.82) is 0 Å². The monoisotopic (exact) mass is 215 g/mol. The van der Waals surface area contributed by atoms with Gasteiger partial charge in [-0.2, -0.15) is 0 Å². The van der Waals surface area contributed by atoms with Crippen LogP contribution in [0.5, 0.6) is 0 Å². The van der Waals surface area contributed by atoms with Crippen LogP contribution < -0.4 is 0 Å². The highest BCUT2D eigenvalue weighted by atomic mass is 32.2. The molecule has 0 amide bonds. The van der Waals surface area contributed by atoms with Gasteiger partial charge in [0.25, 0.3) is 0 Å². The number of hydrogen-bond donors (Lipinski definition) is 0. The van der Waals surface area contributed by atoms with Crippen molar-refractivity contribution in [1.82, 2.24) is 9.80 Å². The van der Waals surface area contributed by atoms with Crippen molar-refractivity contribution in [2.45, 2.75) is 0 Å². The number of amidine groups is 1. The van der Waals surface area contributed by atoms with Gasteiger partial charge in [-0.1, -0.05) is 0 Å². The molecule has 1 fully saturated rings. The van der Waals surface area contributed by atoms with E-state index in [-0.39, 0.29) is 5.17 Å². The zero-order valence-electron chi connectivity index (χ0n) is 8.05. The molecule has 0 bridgehead atoms. The Labute approximate surface area is 83.6 Å². The summed E-state index contributed by atoms with van der Waals surface area (Å²) in [4.78, 5) is 7.89. The zero-order valence-corrected chi connectivity index (χ0v) is 8.87. The lowest BCUT2D eigenvalue weighted by atomic mass is 10.3. The average Bonchev–Trinajstić information content (AvgIpc) is 2.47. The fourth-order valence-electron chi connectivity index (χ4n) is 1.57. The number of nitrogens with zero attached hydrogens (tertiary/aromatic N) is 3. The lowest BCUT2D eigenvalue weighted by Crippen LogP contribution is -2.48. The Morgan fingerprint density at radius 1 is 1.29 bits per heavy atom. The molecule has 2 aliphatic heterocycles. The molecule has 0 spiro atoms. The maximum absolute atomic E-state index is 11.5. The molecule has 0 aromatic rings. The Kier molecular flexibility index (Phi) is 2.32. The van der Waals surface area contributed by atoms with Gasteiger partial charge in [0.05, 0.1) is 5.41 Å². The Bertz CT molecular complexity index is 377. The van der Waals surface area contributed by atoms with Crippen LogP contribution in [0.4, 0.5) is 0 Å². The van der Waals surface area contributed by atoms with Gasteiger partial charge in [0.2, 0.25) is 15.0 Å². The Morgan fingerprint density at radius 2 is 1.93 bits per heavy atom. The van der Waals surface area contributed by atoms with Gasteiger partial charge in [0.15, 0.2) is 0 Å². The SMILES string of the molecule is CN1CCN(C2=NC=CS2(=O)=O)CC1. The molecule has 0 atom stereocenters. The predicted molar refractivity (Wildman–Crippen MR) is 54.6 cm³/mol. The van der Waals surface area contributed by atoms with Gasteiger partial charge in [-0.15, -0.1) is 0 Å². The minimum absolute atomic E-state index is 0.214. The number of piperazine rings is 1. The van der Waals surface area contributed by atoms with E-state index in [2.05, 4.69) is 9.89 Å². The van der Waals surface area contributed by atoms with E-state index in [9.17, 15) is 8.42 Å². The molecule has 2 aliphatic rings. The Morgan fingerprint density at radius 3 is 2.43 bits per heavy atom. The van der Waals surface area contributed by atoms with E-state index in [1.807, 2.05) is 11.9 Å². The van der Waals surface area contributed by atoms with E-state index in [0.29, 0.717) is 0 Å². The summed E-state index contributed by atoms with van der Waals surface area (Å²) < 4.78 is 22.9. The maximum Gasteiger partial charge on any atom is 0.234 e. The van der Waals surface area contributed by atoms with Crippen LogP contribution in [0.25, 0.3) is 0 Å². The standard InChI is InChI=1S/C8H13N3O2S/c1-10-3-5-11(6-4-10)8-9-2-7-14(8,12)13/h2,7H,3-6H2,1H3. The lowest BCUT2D eigenvalue weighted by molar-refractivity contribution is 0.217. The predicted octanol–water partition coefficient (Wildman–Crippen LogP) is -0.511. The van der Waals surface area contributed by atoms with Gasteiger partial charge >= 0.3 is 0 Å². The molecular weight excluding hydrogens is 202 g/mol. The second kappa shape index (κ2) is 3.36. The summed E-state index contributed by atoms with van der Waals surface area (Å²) in [6, 6.07) is 0. The summed E-state index contributed by atoms with van der Waals surface area (Å²) in [5, 5.41) is 1.37. The molecule has 0 radical (unpaired) electrons. The van der Waals surface area contributed by atoms with Crippen LogP contribution >= 0.6 is 0 Å². The highest BCUT2D eigenvalue weighted by Gasteiger charge is 2.28. The maximum atomic E-state index is 11.5. The van der Waals surface area contributed by atoms with Crippen molar-refractivity contribution in [2.24, 2.45) is 4.99 Å². The Hall–Kier alpha value is -0.880. The van der Waals surface area contributed by atoms with Crippen LogP contribution in [0.2, 0.25) is 0 Å². The second-order valence-corrected chi connectivity index (χ2v) is 5.26. The van der Waals surface area contributed by atoms with Crippen LogP contribution in [0.3, 0.4) is 0 Å². The number of likely N-dealkylation sites (N-methyl/N-ethyl adjacent to an activating group) is 1. The lowest BCUT2D eigenvalue weighted by Gasteiger charge is -2.32. The molecule has 0 unspecified atom stereocenters. The van der Waals surface area contributed by atoms with E-state index in [4.69, 9.17) is 0 Å². The minimum Gasteiger partial charge on any atom is -0.344 e. The average molecular weight is 215 g/mol. The topological polar surface area (TPSA) is 53.0 Å². The molecule has 0 aliphatic carbocycles. The van der Waals surface area contributed by atoms with Crippen molar-refractivity contribution >= 4 is 15.0 Å². The highest BCUT2D eigenvalue weighted by Crippen LogP contribution is 2.12. The van der Waals surface area contributed by atoms with Gasteiger partial charge in [0, 0.05) is 32.4 Å². The first-order valence-corrected chi connectivity index (χ1v) is 6.07. The van der Waals surface area contributed by atoms with E-state index in [0.717, 1.165) is 31.6 Å². The first-order chi connectivity index (χ1) is 6.59. The third-order valence-electron chi connectivity index (χ3n) is 2.45. The highest BCUT2D eigenvalue weighted by molar-refractivity contribution is 8.09. The smallest absolute Gasteiger partial charge is 0.234 e. The molecule has 78 valence electrons. The van der Waals surface area contributed by atoms with Gasteiger partial charge < -0.3 is 9.80 Å². The summed E-state index contributed by atoms with van der Waals surface area (Å²) in [6.07, 6.45) is 1.35. The molecular formula is C8H13N3O2S. The second-order valence-electron chi connectivity index (χ2n) is 3.53. The first-order valence-electron chi connectivity index (χ1n) is 4.52. The van der Waals surface area contributed by atoms with Crippen molar-refractivity contribution in [3.05, 3.63) is 11.6 Å². The first kappa shape index (κ1) is 9.67. The minimum atomic E-state index is -3.23. The fourth-order valence-corrected chi connectivity index (χ4v) is 2.66. The molecule has 0 aromatic carbocycles. The van der Waals surface area contributed by atoms with E-state index in [1.165, 1.54) is 6.20 Å². The molecule has 0 saturated carbocycles. The molecule has 6 heteroatoms. The van der Waals surface area contributed by atoms with Crippen molar-refractivity contribution < 1.29 is 8.42 Å². The molecule has 5 nitrogen and oxygen atoms in total. The number of aliphatic imine (C=N–C) groups is 1. The van der Waals surface area contributed by atoms with Crippen LogP contribution in [0.1, 0.15) is 0 Å². The van der Waals surface area contributed by atoms with Gasteiger partial charge in [-0.25, -0.2) is 13.4 Å². The largest absolute Gasteiger partial charge is 0.344 e.